The molecular weight excluding hydrogens is 648 g/mol. The lowest BCUT2D eigenvalue weighted by Crippen LogP contribution is -2.46. The Morgan fingerprint density at radius 3 is 2.45 bits per heavy atom. The van der Waals surface area contributed by atoms with Gasteiger partial charge in [0, 0.05) is 62.5 Å². The number of hydrogen-bond donors (Lipinski definition) is 3. The summed E-state index contributed by atoms with van der Waals surface area (Å²) in [6.45, 7) is 9.07. The maximum atomic E-state index is 13.5. The van der Waals surface area contributed by atoms with Crippen molar-refractivity contribution in [1.29, 1.82) is 0 Å². The van der Waals surface area contributed by atoms with Crippen LogP contribution in [0, 0.1) is 0 Å². The van der Waals surface area contributed by atoms with Crippen molar-refractivity contribution in [2.24, 2.45) is 0 Å². The van der Waals surface area contributed by atoms with Crippen molar-refractivity contribution in [2.45, 2.75) is 40.2 Å². The Balaban J connectivity index is 0.00000128. The first-order chi connectivity index (χ1) is 23.6. The first kappa shape index (κ1) is 36.6. The van der Waals surface area contributed by atoms with Crippen molar-refractivity contribution in [3.8, 4) is 5.75 Å². The molecule has 258 valence electrons. The molecule has 3 heterocycles. The third-order valence-electron chi connectivity index (χ3n) is 7.57. The predicted molar refractivity (Wildman–Crippen MR) is 191 cm³/mol. The van der Waals surface area contributed by atoms with E-state index in [9.17, 15) is 9.59 Å². The van der Waals surface area contributed by atoms with Crippen LogP contribution in [0.2, 0.25) is 5.02 Å². The minimum Gasteiger partial charge on any atom is -0.492 e. The monoisotopic (exact) mass is 688 g/mol. The van der Waals surface area contributed by atoms with Gasteiger partial charge in [0.25, 0.3) is 5.97 Å². The number of aryl methyl sites for hydroxylation is 1. The molecule has 3 N–H and O–H groups in total. The number of urea groups is 1. The number of amides is 3. The van der Waals surface area contributed by atoms with E-state index < -0.39 is 5.97 Å². The number of ether oxygens (including phenoxy) is 1. The van der Waals surface area contributed by atoms with Gasteiger partial charge in [-0.2, -0.15) is 4.98 Å². The molecule has 1 aliphatic heterocycles. The minimum atomic E-state index is -0.833. The van der Waals surface area contributed by atoms with Gasteiger partial charge in [-0.05, 0) is 73.6 Å². The maximum Gasteiger partial charge on any atom is 0.330 e. The summed E-state index contributed by atoms with van der Waals surface area (Å²) < 4.78 is 5.87. The fourth-order valence-corrected chi connectivity index (χ4v) is 5.20. The fraction of sp³-hybridized carbons (Fsp3) is 0.314. The lowest BCUT2D eigenvalue weighted by Gasteiger charge is -2.34. The summed E-state index contributed by atoms with van der Waals surface area (Å²) in [5.41, 5.74) is 3.55. The van der Waals surface area contributed by atoms with Gasteiger partial charge in [-0.15, -0.1) is 0 Å². The number of carboxylic acid groups (broad SMARTS) is 1. The number of likely N-dealkylation sites (N-methyl/N-ethyl adjacent to an activating group) is 1. The second-order valence-electron chi connectivity index (χ2n) is 11.1. The topological polar surface area (TPSA) is 153 Å². The first-order valence-corrected chi connectivity index (χ1v) is 16.3. The van der Waals surface area contributed by atoms with Gasteiger partial charge in [0.05, 0.1) is 17.3 Å². The normalized spacial score (nSPS) is 12.2. The van der Waals surface area contributed by atoms with Gasteiger partial charge >= 0.3 is 6.03 Å². The summed E-state index contributed by atoms with van der Waals surface area (Å²) in [5, 5.41) is 13.9. The van der Waals surface area contributed by atoms with Crippen LogP contribution in [0.4, 0.5) is 33.6 Å². The number of carbonyl (C=O) groups is 3. The molecule has 4 aromatic rings. The zero-order chi connectivity index (χ0) is 35.3. The number of fused-ring (bicyclic) bond motifs is 1. The molecule has 1 aliphatic rings. The molecule has 0 saturated carbocycles. The number of aliphatic carboxylic acids is 1. The largest absolute Gasteiger partial charge is 0.492 e. The third kappa shape index (κ3) is 10.6. The maximum absolute atomic E-state index is 13.5. The van der Waals surface area contributed by atoms with E-state index in [-0.39, 0.29) is 18.5 Å². The second kappa shape index (κ2) is 17.8. The van der Waals surface area contributed by atoms with Crippen molar-refractivity contribution in [3.63, 3.8) is 0 Å². The average Bonchev–Trinajstić information content (AvgIpc) is 3.09. The number of carboxylic acids is 1. The Hall–Kier alpha value is -5.27. The number of benzene rings is 2. The number of hydrogen-bond acceptors (Lipinski definition) is 9. The van der Waals surface area contributed by atoms with Crippen LogP contribution in [0.5, 0.6) is 5.75 Å². The Morgan fingerprint density at radius 2 is 1.78 bits per heavy atom. The van der Waals surface area contributed by atoms with Crippen molar-refractivity contribution in [1.82, 2.24) is 19.9 Å². The number of anilines is 5. The van der Waals surface area contributed by atoms with E-state index in [1.807, 2.05) is 36.4 Å². The summed E-state index contributed by atoms with van der Waals surface area (Å²) in [7, 11) is 1.66. The highest BCUT2D eigenvalue weighted by atomic mass is 35.5. The zero-order valence-electron chi connectivity index (χ0n) is 28.0. The van der Waals surface area contributed by atoms with Gasteiger partial charge in [-0.3, -0.25) is 24.4 Å². The van der Waals surface area contributed by atoms with Crippen LogP contribution in [0.15, 0.2) is 73.2 Å². The Bertz CT molecular complexity index is 1720. The van der Waals surface area contributed by atoms with E-state index in [0.717, 1.165) is 49.1 Å². The van der Waals surface area contributed by atoms with E-state index >= 15 is 0 Å². The number of aromatic nitrogens is 3. The highest BCUT2D eigenvalue weighted by molar-refractivity contribution is 6.34. The van der Waals surface area contributed by atoms with E-state index in [1.165, 1.54) is 4.90 Å². The number of carbonyl (C=O) groups excluding carboxylic acids is 2. The van der Waals surface area contributed by atoms with Gasteiger partial charge < -0.3 is 25.4 Å². The number of halogens is 1. The molecule has 0 spiro atoms. The standard InChI is InChI=1S/C33H37ClN8O3.C2H4O2/c1-4-41(5-2)17-18-45-27-12-9-25(10-13-27)38-32-36-21-24-22-42(33(44)40(3)31(24)39-32)29-19-26(11-14-28(29)34)37-30(43)15-8-23-7-6-16-35-20-23;1-2(3)4/h6-7,9-14,16,19-21H,4-5,8,15,17-18,22H2,1-3H3,(H,37,43)(H,36,38,39);1H3,(H,3,4). The summed E-state index contributed by atoms with van der Waals surface area (Å²) in [5.74, 6) is 0.675. The van der Waals surface area contributed by atoms with Crippen LogP contribution < -0.4 is 25.2 Å². The van der Waals surface area contributed by atoms with Gasteiger partial charge in [0.15, 0.2) is 0 Å². The smallest absolute Gasteiger partial charge is 0.330 e. The molecule has 2 aromatic carbocycles. The van der Waals surface area contributed by atoms with Crippen LogP contribution in [0.1, 0.15) is 38.3 Å². The summed E-state index contributed by atoms with van der Waals surface area (Å²) in [6, 6.07) is 16.2. The van der Waals surface area contributed by atoms with Crippen LogP contribution in [0.3, 0.4) is 0 Å². The van der Waals surface area contributed by atoms with E-state index in [1.54, 1.807) is 48.7 Å². The van der Waals surface area contributed by atoms with Gasteiger partial charge in [0.2, 0.25) is 11.9 Å². The van der Waals surface area contributed by atoms with Crippen LogP contribution >= 0.6 is 11.6 Å². The van der Waals surface area contributed by atoms with E-state index in [2.05, 4.69) is 44.3 Å². The Kier molecular flexibility index (Phi) is 13.3. The molecule has 49 heavy (non-hydrogen) atoms. The molecule has 0 aliphatic carbocycles. The Labute approximate surface area is 290 Å². The molecule has 13 nitrogen and oxygen atoms in total. The molecule has 14 heteroatoms. The molecule has 3 amide bonds. The van der Waals surface area contributed by atoms with Gasteiger partial charge in [-0.1, -0.05) is 31.5 Å². The van der Waals surface area contributed by atoms with Crippen molar-refractivity contribution in [2.75, 3.05) is 53.7 Å². The Morgan fingerprint density at radius 1 is 1.06 bits per heavy atom. The zero-order valence-corrected chi connectivity index (χ0v) is 28.8. The molecule has 0 bridgehead atoms. The molecular formula is C35H41ClN8O5. The average molecular weight is 689 g/mol. The number of nitrogens with zero attached hydrogens (tertiary/aromatic N) is 6. The van der Waals surface area contributed by atoms with Crippen molar-refractivity contribution < 1.29 is 24.2 Å². The predicted octanol–water partition coefficient (Wildman–Crippen LogP) is 6.23. The second-order valence-corrected chi connectivity index (χ2v) is 11.5. The lowest BCUT2D eigenvalue weighted by atomic mass is 10.1. The molecule has 0 saturated heterocycles. The van der Waals surface area contributed by atoms with Crippen molar-refractivity contribution in [3.05, 3.63) is 89.3 Å². The quantitative estimate of drug-likeness (QED) is 0.147. The van der Waals surface area contributed by atoms with Crippen LogP contribution in [-0.2, 0) is 22.6 Å². The molecule has 0 unspecified atom stereocenters. The summed E-state index contributed by atoms with van der Waals surface area (Å²) >= 11 is 6.54. The van der Waals surface area contributed by atoms with Crippen LogP contribution in [-0.4, -0.2) is 76.2 Å². The fourth-order valence-electron chi connectivity index (χ4n) is 4.98. The highest BCUT2D eigenvalue weighted by Gasteiger charge is 2.32. The molecule has 0 atom stereocenters. The number of pyridine rings is 1. The summed E-state index contributed by atoms with van der Waals surface area (Å²) in [6.07, 6.45) is 6.01. The first-order valence-electron chi connectivity index (χ1n) is 15.9. The SMILES string of the molecule is CC(=O)O.CCN(CC)CCOc1ccc(Nc2ncc3c(n2)N(C)C(=O)N(c2cc(NC(=O)CCc4cccnc4)ccc2Cl)C3)cc1. The van der Waals surface area contributed by atoms with Gasteiger partial charge in [0.1, 0.15) is 18.2 Å². The van der Waals surface area contributed by atoms with Crippen LogP contribution in [0.25, 0.3) is 0 Å². The third-order valence-corrected chi connectivity index (χ3v) is 7.89. The lowest BCUT2D eigenvalue weighted by molar-refractivity contribution is -0.134. The minimum absolute atomic E-state index is 0.148. The molecule has 0 radical (unpaired) electrons. The number of rotatable bonds is 13. The molecule has 5 rings (SSSR count). The summed E-state index contributed by atoms with van der Waals surface area (Å²) in [4.78, 5) is 53.7. The van der Waals surface area contributed by atoms with E-state index in [4.69, 9.17) is 26.2 Å². The highest BCUT2D eigenvalue weighted by Crippen LogP contribution is 2.35. The van der Waals surface area contributed by atoms with Crippen molar-refractivity contribution >= 4 is 58.3 Å². The van der Waals surface area contributed by atoms with Gasteiger partial charge in [-0.25, -0.2) is 9.78 Å². The molecule has 2 aromatic heterocycles. The number of nitrogens with one attached hydrogen (secondary N) is 2. The van der Waals surface area contributed by atoms with E-state index in [0.29, 0.717) is 47.6 Å². The molecule has 0 fully saturated rings.